The van der Waals surface area contributed by atoms with Crippen molar-refractivity contribution in [2.75, 3.05) is 13.2 Å². The summed E-state index contributed by atoms with van der Waals surface area (Å²) in [5, 5.41) is 0. The number of unbranched alkanes of at least 4 members (excludes halogenated alkanes) is 39. The van der Waals surface area contributed by atoms with Gasteiger partial charge < -0.3 is 14.2 Å². The largest absolute Gasteiger partial charge is 0.462 e. The SMILES string of the molecule is CC/C=C\C/C=C\C/C=C\CCCCCCCCCC(=O)OC(COC(=O)CCCCCCCCC/C=C\C/C=C\CCCCC)COC(=O)CCCCCCCCCCCCCCCCCCCCCCCCC. The van der Waals surface area contributed by atoms with Gasteiger partial charge in [-0.25, -0.2) is 0 Å². The first kappa shape index (κ1) is 72.1. The lowest BCUT2D eigenvalue weighted by Crippen LogP contribution is -2.30. The van der Waals surface area contributed by atoms with E-state index in [1.54, 1.807) is 0 Å². The summed E-state index contributed by atoms with van der Waals surface area (Å²) in [4.78, 5) is 38.4. The molecule has 0 N–H and O–H groups in total. The summed E-state index contributed by atoms with van der Waals surface area (Å²) in [6.07, 6.45) is 80.9. The smallest absolute Gasteiger partial charge is 0.306 e. The van der Waals surface area contributed by atoms with Crippen molar-refractivity contribution >= 4 is 17.9 Å². The van der Waals surface area contributed by atoms with E-state index in [9.17, 15) is 14.4 Å². The topological polar surface area (TPSA) is 78.9 Å². The van der Waals surface area contributed by atoms with Crippen LogP contribution in [-0.2, 0) is 28.6 Å². The van der Waals surface area contributed by atoms with E-state index in [4.69, 9.17) is 14.2 Å². The normalized spacial score (nSPS) is 12.4. The number of ether oxygens (including phenoxy) is 3. The quantitative estimate of drug-likeness (QED) is 0.0261. The molecule has 0 aromatic rings. The average Bonchev–Trinajstić information content (AvgIpc) is 3.41. The van der Waals surface area contributed by atoms with Gasteiger partial charge in [0.05, 0.1) is 0 Å². The van der Waals surface area contributed by atoms with Gasteiger partial charge in [-0.3, -0.25) is 14.4 Å². The van der Waals surface area contributed by atoms with Gasteiger partial charge in [0.1, 0.15) is 13.2 Å². The highest BCUT2D eigenvalue weighted by Gasteiger charge is 2.19. The molecule has 1 unspecified atom stereocenters. The van der Waals surface area contributed by atoms with Gasteiger partial charge in [0.2, 0.25) is 0 Å². The molecular formula is C69H124O6. The zero-order valence-electron chi connectivity index (χ0n) is 50.1. The molecule has 0 aromatic heterocycles. The highest BCUT2D eigenvalue weighted by Crippen LogP contribution is 2.18. The standard InChI is InChI=1S/C69H124O6/c1-4-7-10-13-16-19-22-25-28-31-32-33-34-35-36-39-41-44-47-50-53-56-59-62-68(71)74-65-66(75-69(72)63-60-57-54-51-48-45-42-38-30-27-24-21-18-15-12-9-6-3)64-73-67(70)61-58-55-52-49-46-43-40-37-29-26-23-20-17-14-11-8-5-2/h9,12,17-18,20-21,26-27,29-30,66H,4-8,10-11,13-16,19,22-25,28,31-65H2,1-3H3/b12-9-,20-17-,21-18-,29-26-,30-27-. The van der Waals surface area contributed by atoms with Gasteiger partial charge in [-0.05, 0) is 83.5 Å². The third-order valence-electron chi connectivity index (χ3n) is 14.5. The fourth-order valence-corrected chi connectivity index (χ4v) is 9.61. The first-order chi connectivity index (χ1) is 37.0. The number of allylic oxidation sites excluding steroid dienone is 10. The van der Waals surface area contributed by atoms with Crippen molar-refractivity contribution < 1.29 is 28.6 Å². The molecule has 0 spiro atoms. The van der Waals surface area contributed by atoms with E-state index in [0.29, 0.717) is 19.3 Å². The highest BCUT2D eigenvalue weighted by atomic mass is 16.6. The van der Waals surface area contributed by atoms with Crippen LogP contribution in [-0.4, -0.2) is 37.2 Å². The van der Waals surface area contributed by atoms with Crippen molar-refractivity contribution in [3.05, 3.63) is 60.8 Å². The molecule has 0 aliphatic heterocycles. The Morgan fingerprint density at radius 2 is 0.520 bits per heavy atom. The molecule has 0 aromatic carbocycles. The van der Waals surface area contributed by atoms with Crippen molar-refractivity contribution in [3.8, 4) is 0 Å². The third-order valence-corrected chi connectivity index (χ3v) is 14.5. The number of hydrogen-bond acceptors (Lipinski definition) is 6. The summed E-state index contributed by atoms with van der Waals surface area (Å²) < 4.78 is 16.9. The van der Waals surface area contributed by atoms with Crippen molar-refractivity contribution in [1.29, 1.82) is 0 Å². The molecule has 75 heavy (non-hydrogen) atoms. The average molecular weight is 1050 g/mol. The third kappa shape index (κ3) is 61.8. The second kappa shape index (κ2) is 63.6. The van der Waals surface area contributed by atoms with E-state index in [1.165, 1.54) is 205 Å². The van der Waals surface area contributed by atoms with Crippen molar-refractivity contribution in [2.24, 2.45) is 0 Å². The van der Waals surface area contributed by atoms with E-state index in [0.717, 1.165) is 96.3 Å². The number of hydrogen-bond donors (Lipinski definition) is 0. The lowest BCUT2D eigenvalue weighted by Gasteiger charge is -2.18. The summed E-state index contributed by atoms with van der Waals surface area (Å²) in [5.74, 6) is -0.876. The van der Waals surface area contributed by atoms with Crippen LogP contribution in [0.4, 0.5) is 0 Å². The highest BCUT2D eigenvalue weighted by molar-refractivity contribution is 5.71. The van der Waals surface area contributed by atoms with Gasteiger partial charge in [0, 0.05) is 19.3 Å². The predicted octanol–water partition coefficient (Wildman–Crippen LogP) is 22.3. The molecule has 1 atom stereocenters. The van der Waals surface area contributed by atoms with E-state index >= 15 is 0 Å². The maximum atomic E-state index is 12.9. The Balaban J connectivity index is 4.32. The van der Waals surface area contributed by atoms with Crippen LogP contribution in [0.15, 0.2) is 60.8 Å². The van der Waals surface area contributed by atoms with Crippen LogP contribution in [0.25, 0.3) is 0 Å². The molecular weight excluding hydrogens is 925 g/mol. The summed E-state index contributed by atoms with van der Waals surface area (Å²) in [5.41, 5.74) is 0. The maximum Gasteiger partial charge on any atom is 0.306 e. The molecule has 0 bridgehead atoms. The first-order valence-electron chi connectivity index (χ1n) is 32.8. The van der Waals surface area contributed by atoms with Crippen LogP contribution >= 0.6 is 0 Å². The maximum absolute atomic E-state index is 12.9. The predicted molar refractivity (Wildman–Crippen MR) is 325 cm³/mol. The second-order valence-electron chi connectivity index (χ2n) is 22.0. The van der Waals surface area contributed by atoms with Crippen LogP contribution < -0.4 is 0 Å². The van der Waals surface area contributed by atoms with E-state index in [1.807, 2.05) is 0 Å². The number of rotatable bonds is 60. The minimum atomic E-state index is -0.783. The Kier molecular flexibility index (Phi) is 61.2. The Morgan fingerprint density at radius 1 is 0.280 bits per heavy atom. The molecule has 0 saturated heterocycles. The molecule has 0 amide bonds. The zero-order chi connectivity index (χ0) is 54.3. The summed E-state index contributed by atoms with van der Waals surface area (Å²) in [6, 6.07) is 0. The number of carbonyl (C=O) groups excluding carboxylic acids is 3. The molecule has 0 rings (SSSR count). The Bertz CT molecular complexity index is 1340. The minimum absolute atomic E-state index is 0.0777. The zero-order valence-corrected chi connectivity index (χ0v) is 50.1. The van der Waals surface area contributed by atoms with Gasteiger partial charge in [-0.1, -0.05) is 300 Å². The fourth-order valence-electron chi connectivity index (χ4n) is 9.61. The minimum Gasteiger partial charge on any atom is -0.462 e. The molecule has 0 fully saturated rings. The van der Waals surface area contributed by atoms with Gasteiger partial charge >= 0.3 is 17.9 Å². The lowest BCUT2D eigenvalue weighted by atomic mass is 10.0. The van der Waals surface area contributed by atoms with Crippen LogP contribution in [0.5, 0.6) is 0 Å². The van der Waals surface area contributed by atoms with Crippen LogP contribution in [0.1, 0.15) is 342 Å². The molecule has 436 valence electrons. The Hall–Kier alpha value is -2.89. The number of carbonyl (C=O) groups is 3. The molecule has 0 heterocycles. The van der Waals surface area contributed by atoms with Gasteiger partial charge in [-0.15, -0.1) is 0 Å². The fraction of sp³-hybridized carbons (Fsp3) is 0.812. The van der Waals surface area contributed by atoms with Gasteiger partial charge in [-0.2, -0.15) is 0 Å². The van der Waals surface area contributed by atoms with Crippen molar-refractivity contribution in [3.63, 3.8) is 0 Å². The van der Waals surface area contributed by atoms with Gasteiger partial charge in [0.15, 0.2) is 6.10 Å². The van der Waals surface area contributed by atoms with Crippen LogP contribution in [0.3, 0.4) is 0 Å². The second-order valence-corrected chi connectivity index (χ2v) is 22.0. The lowest BCUT2D eigenvalue weighted by molar-refractivity contribution is -0.167. The first-order valence-corrected chi connectivity index (χ1v) is 32.8. The summed E-state index contributed by atoms with van der Waals surface area (Å²) in [6.45, 7) is 6.54. The molecule has 0 radical (unpaired) electrons. The van der Waals surface area contributed by atoms with Crippen molar-refractivity contribution in [2.45, 2.75) is 348 Å². The van der Waals surface area contributed by atoms with E-state index in [2.05, 4.69) is 81.5 Å². The summed E-state index contributed by atoms with van der Waals surface area (Å²) in [7, 11) is 0. The van der Waals surface area contributed by atoms with E-state index < -0.39 is 6.10 Å². The Morgan fingerprint density at radius 3 is 0.840 bits per heavy atom. The van der Waals surface area contributed by atoms with Crippen molar-refractivity contribution in [1.82, 2.24) is 0 Å². The number of esters is 3. The molecule has 0 saturated carbocycles. The van der Waals surface area contributed by atoms with Crippen LogP contribution in [0.2, 0.25) is 0 Å². The summed E-state index contributed by atoms with van der Waals surface area (Å²) >= 11 is 0. The molecule has 0 aliphatic rings. The van der Waals surface area contributed by atoms with Gasteiger partial charge in [0.25, 0.3) is 0 Å². The monoisotopic (exact) mass is 1050 g/mol. The Labute approximate surface area is 466 Å². The molecule has 0 aliphatic carbocycles. The van der Waals surface area contributed by atoms with Crippen LogP contribution in [0, 0.1) is 0 Å². The molecule has 6 nitrogen and oxygen atoms in total. The van der Waals surface area contributed by atoms with E-state index in [-0.39, 0.29) is 31.1 Å². The molecule has 6 heteroatoms.